The predicted molar refractivity (Wildman–Crippen MR) is 164 cm³/mol. The minimum Gasteiger partial charge on any atom is -0.457 e. The molecular weight excluding hydrogens is 605 g/mol. The summed E-state index contributed by atoms with van der Waals surface area (Å²) in [5, 5.41) is 18.0. The van der Waals surface area contributed by atoms with Gasteiger partial charge >= 0.3 is 18.1 Å². The van der Waals surface area contributed by atoms with E-state index in [0.29, 0.717) is 18.4 Å². The van der Waals surface area contributed by atoms with Crippen LogP contribution in [-0.2, 0) is 25.5 Å². The van der Waals surface area contributed by atoms with E-state index in [0.717, 1.165) is 22.3 Å². The molecular formula is C35H33F3O8. The molecule has 11 heteroatoms. The number of ether oxygens (including phenoxy) is 4. The first kappa shape index (κ1) is 35.4. The molecule has 0 saturated carbocycles. The van der Waals surface area contributed by atoms with Crippen LogP contribution >= 0.6 is 0 Å². The topological polar surface area (TPSA) is 112 Å². The Labute approximate surface area is 264 Å². The third kappa shape index (κ3) is 12.1. The van der Waals surface area contributed by atoms with Crippen molar-refractivity contribution in [2.45, 2.75) is 31.9 Å². The van der Waals surface area contributed by atoms with Crippen molar-refractivity contribution >= 4 is 11.9 Å². The Kier molecular flexibility index (Phi) is 13.4. The van der Waals surface area contributed by atoms with Crippen LogP contribution < -0.4 is 9.47 Å². The van der Waals surface area contributed by atoms with Crippen LogP contribution in [0.3, 0.4) is 0 Å². The average molecular weight is 639 g/mol. The zero-order valence-corrected chi connectivity index (χ0v) is 24.9. The van der Waals surface area contributed by atoms with Crippen molar-refractivity contribution in [3.05, 3.63) is 108 Å². The monoisotopic (exact) mass is 638 g/mol. The van der Waals surface area contributed by atoms with Crippen molar-refractivity contribution in [3.8, 4) is 34.5 Å². The number of aliphatic hydroxyl groups excluding tert-OH is 2. The van der Waals surface area contributed by atoms with Crippen molar-refractivity contribution in [3.63, 3.8) is 0 Å². The van der Waals surface area contributed by atoms with E-state index >= 15 is 0 Å². The molecule has 0 unspecified atom stereocenters. The molecule has 0 aliphatic rings. The summed E-state index contributed by atoms with van der Waals surface area (Å²) in [6, 6.07) is 19.5. The van der Waals surface area contributed by atoms with Crippen LogP contribution in [0, 0.1) is 11.8 Å². The van der Waals surface area contributed by atoms with Gasteiger partial charge in [-0.1, -0.05) is 49.3 Å². The Hall–Kier alpha value is -5.05. The highest BCUT2D eigenvalue weighted by Crippen LogP contribution is 2.30. The Morgan fingerprint density at radius 1 is 0.696 bits per heavy atom. The van der Waals surface area contributed by atoms with Gasteiger partial charge in [-0.3, -0.25) is 0 Å². The number of aryl methyl sites for hydroxylation is 1. The van der Waals surface area contributed by atoms with Gasteiger partial charge in [-0.05, 0) is 72.4 Å². The Bertz CT molecular complexity index is 1510. The van der Waals surface area contributed by atoms with Crippen molar-refractivity contribution < 1.29 is 51.9 Å². The molecule has 0 heterocycles. The fourth-order valence-corrected chi connectivity index (χ4v) is 3.84. The van der Waals surface area contributed by atoms with Gasteiger partial charge in [-0.25, -0.2) is 9.59 Å². The lowest BCUT2D eigenvalue weighted by Crippen LogP contribution is -2.14. The lowest BCUT2D eigenvalue weighted by molar-refractivity contribution is -0.146. The summed E-state index contributed by atoms with van der Waals surface area (Å²) in [7, 11) is 0. The quantitative estimate of drug-likeness (QED) is 0.0698. The zero-order chi connectivity index (χ0) is 33.5. The number of esters is 2. The number of halogens is 3. The van der Waals surface area contributed by atoms with Crippen LogP contribution in [0.25, 0.3) is 11.1 Å². The van der Waals surface area contributed by atoms with E-state index < -0.39 is 51.3 Å². The van der Waals surface area contributed by atoms with Crippen LogP contribution in [0.4, 0.5) is 13.2 Å². The van der Waals surface area contributed by atoms with Gasteiger partial charge in [0.15, 0.2) is 0 Å². The minimum atomic E-state index is -4.13. The molecule has 0 fully saturated rings. The normalized spacial score (nSPS) is 10.7. The zero-order valence-electron chi connectivity index (χ0n) is 24.9. The Balaban J connectivity index is 1.69. The second-order valence-electron chi connectivity index (χ2n) is 9.95. The van der Waals surface area contributed by atoms with Crippen molar-refractivity contribution in [1.82, 2.24) is 0 Å². The molecule has 0 bridgehead atoms. The highest BCUT2D eigenvalue weighted by atomic mass is 19.4. The van der Waals surface area contributed by atoms with Crippen molar-refractivity contribution in [1.29, 1.82) is 0 Å². The summed E-state index contributed by atoms with van der Waals surface area (Å²) in [5.41, 5.74) is 3.59. The first-order chi connectivity index (χ1) is 22.0. The summed E-state index contributed by atoms with van der Waals surface area (Å²) in [6.45, 7) is 4.72. The third-order valence-corrected chi connectivity index (χ3v) is 6.37. The summed E-state index contributed by atoms with van der Waals surface area (Å²) in [4.78, 5) is 23.5. The van der Waals surface area contributed by atoms with E-state index in [9.17, 15) is 22.8 Å². The number of benzene rings is 3. The Morgan fingerprint density at radius 3 is 1.63 bits per heavy atom. The van der Waals surface area contributed by atoms with Crippen LogP contribution in [0.2, 0.25) is 0 Å². The van der Waals surface area contributed by atoms with Gasteiger partial charge in [0.05, 0.1) is 24.4 Å². The number of carbonyl (C=O) groups is 2. The van der Waals surface area contributed by atoms with Gasteiger partial charge in [0.2, 0.25) is 13.6 Å². The second-order valence-corrected chi connectivity index (χ2v) is 9.95. The highest BCUT2D eigenvalue weighted by molar-refractivity contribution is 5.88. The number of carbonyl (C=O) groups excluding carboxylic acids is 2. The molecule has 0 amide bonds. The molecule has 3 aromatic rings. The van der Waals surface area contributed by atoms with Crippen LogP contribution in [0.15, 0.2) is 91.0 Å². The third-order valence-electron chi connectivity index (χ3n) is 6.37. The molecule has 0 saturated heterocycles. The maximum atomic E-state index is 12.3. The number of hydrogen-bond acceptors (Lipinski definition) is 8. The molecule has 3 aromatic carbocycles. The molecule has 0 atom stereocenters. The van der Waals surface area contributed by atoms with Gasteiger partial charge < -0.3 is 29.2 Å². The minimum absolute atomic E-state index is 0.0986. The van der Waals surface area contributed by atoms with Crippen LogP contribution in [0.1, 0.15) is 36.0 Å². The molecule has 0 aliphatic heterocycles. The summed E-state index contributed by atoms with van der Waals surface area (Å²) < 4.78 is 57.9. The molecule has 0 spiro atoms. The van der Waals surface area contributed by atoms with E-state index in [-0.39, 0.29) is 29.1 Å². The second kappa shape index (κ2) is 17.4. The van der Waals surface area contributed by atoms with E-state index in [1.807, 2.05) is 48.5 Å². The van der Waals surface area contributed by atoms with E-state index in [2.05, 4.69) is 25.0 Å². The van der Waals surface area contributed by atoms with Crippen molar-refractivity contribution in [2.75, 3.05) is 26.8 Å². The van der Waals surface area contributed by atoms with Gasteiger partial charge in [-0.2, -0.15) is 13.2 Å². The molecule has 3 rings (SSSR count). The smallest absolute Gasteiger partial charge is 0.389 e. The van der Waals surface area contributed by atoms with E-state index in [1.54, 1.807) is 12.1 Å². The fraction of sp³-hybridized carbons (Fsp3) is 0.257. The van der Waals surface area contributed by atoms with Gasteiger partial charge in [0.25, 0.3) is 0 Å². The summed E-state index contributed by atoms with van der Waals surface area (Å²) in [5.74, 6) is 5.04. The molecule has 8 nitrogen and oxygen atoms in total. The first-order valence-corrected chi connectivity index (χ1v) is 14.1. The van der Waals surface area contributed by atoms with E-state index in [1.165, 1.54) is 6.07 Å². The molecule has 0 aromatic heterocycles. The number of alkyl halides is 3. The van der Waals surface area contributed by atoms with Gasteiger partial charge in [0, 0.05) is 23.6 Å². The van der Waals surface area contributed by atoms with Gasteiger partial charge in [0.1, 0.15) is 11.5 Å². The van der Waals surface area contributed by atoms with Gasteiger partial charge in [-0.15, -0.1) is 0 Å². The summed E-state index contributed by atoms with van der Waals surface area (Å²) >= 11 is 0. The van der Waals surface area contributed by atoms with Crippen molar-refractivity contribution in [2.24, 2.45) is 0 Å². The molecule has 0 radical (unpaired) electrons. The molecule has 0 aliphatic carbocycles. The SMILES string of the molecule is C=C(CO)C(=O)OCOc1cc(OCOC(=O)C(=C)CO)cc(-c2ccc(C#Cc3ccc(CCCCC(F)(F)F)cc3)cc2)c1. The number of aliphatic hydroxyl groups is 2. The first-order valence-electron chi connectivity index (χ1n) is 14.1. The lowest BCUT2D eigenvalue weighted by Gasteiger charge is -2.13. The maximum absolute atomic E-state index is 12.3. The molecule has 46 heavy (non-hydrogen) atoms. The number of hydrogen-bond donors (Lipinski definition) is 2. The maximum Gasteiger partial charge on any atom is 0.389 e. The van der Waals surface area contributed by atoms with Crippen LogP contribution in [0.5, 0.6) is 11.5 Å². The molecule has 2 N–H and O–H groups in total. The number of rotatable bonds is 15. The predicted octanol–water partition coefficient (Wildman–Crippen LogP) is 5.88. The average Bonchev–Trinajstić information content (AvgIpc) is 3.05. The highest BCUT2D eigenvalue weighted by Gasteiger charge is 2.25. The fourth-order valence-electron chi connectivity index (χ4n) is 3.84. The summed E-state index contributed by atoms with van der Waals surface area (Å²) in [6.07, 6.45) is -3.77. The Morgan fingerprint density at radius 2 is 1.17 bits per heavy atom. The largest absolute Gasteiger partial charge is 0.457 e. The van der Waals surface area contributed by atoms with E-state index in [4.69, 9.17) is 29.2 Å². The standard InChI is InChI=1S/C35H33F3O8/c1-24(20-39)33(41)45-22-43-31-17-30(18-32(19-31)44-23-46-34(42)25(2)21-40)29-14-12-28(13-15-29)11-10-27-8-6-26(7-9-27)5-3-4-16-35(36,37)38/h6-9,12-15,17-19,39-40H,1-5,16,20-23H2. The molecule has 242 valence electrons. The lowest BCUT2D eigenvalue weighted by atomic mass is 10.0. The van der Waals surface area contributed by atoms with Crippen LogP contribution in [-0.4, -0.2) is 55.1 Å². The number of unbranched alkanes of at least 4 members (excludes halogenated alkanes) is 1.